The summed E-state index contributed by atoms with van der Waals surface area (Å²) in [6.07, 6.45) is 6.10. The smallest absolute Gasteiger partial charge is 0.252 e. The van der Waals surface area contributed by atoms with E-state index in [-0.39, 0.29) is 5.91 Å². The predicted molar refractivity (Wildman–Crippen MR) is 134 cm³/mol. The number of carbonyl (C=O) groups is 1. The molecule has 33 heavy (non-hydrogen) atoms. The number of piperidine rings is 1. The molecule has 4 rings (SSSR count). The van der Waals surface area contributed by atoms with Gasteiger partial charge in [0.25, 0.3) is 5.91 Å². The number of likely N-dealkylation sites (tertiary alicyclic amines) is 1. The van der Waals surface area contributed by atoms with Gasteiger partial charge in [-0.1, -0.05) is 31.5 Å². The Morgan fingerprint density at radius 2 is 1.97 bits per heavy atom. The van der Waals surface area contributed by atoms with Crippen LogP contribution in [0.3, 0.4) is 0 Å². The number of hydrogen-bond donors (Lipinski definition) is 2. The first-order chi connectivity index (χ1) is 16.2. The van der Waals surface area contributed by atoms with E-state index >= 15 is 0 Å². The second kappa shape index (κ2) is 11.1. The number of amides is 1. The number of nitrogens with zero attached hydrogens (tertiary/aromatic N) is 2. The minimum absolute atomic E-state index is 0.0583. The Balaban J connectivity index is 1.43. The molecule has 2 heterocycles. The molecule has 2 N–H and O–H groups in total. The number of hydrogen-bond acceptors (Lipinski definition) is 5. The third kappa shape index (κ3) is 5.82. The second-order valence-corrected chi connectivity index (χ2v) is 8.63. The molecule has 0 unspecified atom stereocenters. The highest BCUT2D eigenvalue weighted by Gasteiger charge is 2.20. The average molecular weight is 447 g/mol. The van der Waals surface area contributed by atoms with Crippen LogP contribution in [0.15, 0.2) is 54.6 Å². The molecule has 1 aromatic heterocycles. The third-order valence-electron chi connectivity index (χ3n) is 6.45. The lowest BCUT2D eigenvalue weighted by Crippen LogP contribution is -2.40. The van der Waals surface area contributed by atoms with E-state index in [4.69, 9.17) is 9.72 Å². The Hall–Kier alpha value is -3.12. The number of ether oxygens (including phenoxy) is 1. The molecule has 0 spiro atoms. The first kappa shape index (κ1) is 23.1. The molecule has 1 atom stereocenters. The van der Waals surface area contributed by atoms with Crippen molar-refractivity contribution < 1.29 is 9.53 Å². The minimum Gasteiger partial charge on any atom is -0.497 e. The van der Waals surface area contributed by atoms with Crippen LogP contribution in [-0.2, 0) is 0 Å². The van der Waals surface area contributed by atoms with E-state index in [2.05, 4.69) is 22.5 Å². The molecule has 1 amide bonds. The third-order valence-corrected chi connectivity index (χ3v) is 6.45. The number of rotatable bonds is 9. The van der Waals surface area contributed by atoms with Crippen LogP contribution in [0, 0.1) is 0 Å². The fourth-order valence-corrected chi connectivity index (χ4v) is 4.65. The van der Waals surface area contributed by atoms with Crippen molar-refractivity contribution in [1.29, 1.82) is 0 Å². The summed E-state index contributed by atoms with van der Waals surface area (Å²) >= 11 is 0. The Morgan fingerprint density at radius 1 is 1.15 bits per heavy atom. The number of anilines is 2. The molecule has 1 saturated heterocycles. The highest BCUT2D eigenvalue weighted by atomic mass is 16.5. The topological polar surface area (TPSA) is 66.5 Å². The van der Waals surface area contributed by atoms with Crippen molar-refractivity contribution in [3.8, 4) is 5.75 Å². The average Bonchev–Trinajstić information content (AvgIpc) is 2.86. The number of benzene rings is 2. The van der Waals surface area contributed by atoms with Crippen molar-refractivity contribution in [2.45, 2.75) is 45.1 Å². The molecule has 0 saturated carbocycles. The number of aromatic nitrogens is 1. The van der Waals surface area contributed by atoms with Gasteiger partial charge >= 0.3 is 0 Å². The van der Waals surface area contributed by atoms with E-state index in [1.54, 1.807) is 7.11 Å². The highest BCUT2D eigenvalue weighted by molar-refractivity contribution is 6.07. The van der Waals surface area contributed by atoms with Gasteiger partial charge in [-0.05, 0) is 68.6 Å². The number of pyridine rings is 1. The van der Waals surface area contributed by atoms with Crippen LogP contribution in [0.25, 0.3) is 10.9 Å². The normalized spacial score (nSPS) is 16.5. The SMILES string of the molecule is CC[C@H]1CCCCN1CCCNC(=O)c1cc(Nc2ccc(OC)cc2)nc2ccccc12. The Labute approximate surface area is 196 Å². The monoisotopic (exact) mass is 446 g/mol. The molecule has 1 aliphatic heterocycles. The molecule has 2 aromatic carbocycles. The molecule has 0 aliphatic carbocycles. The first-order valence-corrected chi connectivity index (χ1v) is 12.0. The van der Waals surface area contributed by atoms with Crippen molar-refractivity contribution in [3.63, 3.8) is 0 Å². The zero-order valence-electron chi connectivity index (χ0n) is 19.6. The minimum atomic E-state index is -0.0583. The summed E-state index contributed by atoms with van der Waals surface area (Å²) in [5.41, 5.74) is 2.32. The number of fused-ring (bicyclic) bond motifs is 1. The zero-order chi connectivity index (χ0) is 23.0. The number of methoxy groups -OCH3 is 1. The van der Waals surface area contributed by atoms with Gasteiger partial charge < -0.3 is 20.3 Å². The Bertz CT molecular complexity index is 1070. The lowest BCUT2D eigenvalue weighted by Gasteiger charge is -2.35. The van der Waals surface area contributed by atoms with Crippen LogP contribution in [0.1, 0.15) is 49.4 Å². The summed E-state index contributed by atoms with van der Waals surface area (Å²) in [5, 5.41) is 7.30. The van der Waals surface area contributed by atoms with E-state index in [0.717, 1.165) is 35.3 Å². The lowest BCUT2D eigenvalue weighted by molar-refractivity contribution is 0.0949. The van der Waals surface area contributed by atoms with Crippen molar-refractivity contribution in [2.75, 3.05) is 32.1 Å². The van der Waals surface area contributed by atoms with Gasteiger partial charge in [0.15, 0.2) is 0 Å². The van der Waals surface area contributed by atoms with Crippen LogP contribution in [0.2, 0.25) is 0 Å². The Morgan fingerprint density at radius 3 is 2.76 bits per heavy atom. The van der Waals surface area contributed by atoms with Crippen LogP contribution in [-0.4, -0.2) is 48.6 Å². The molecule has 0 bridgehead atoms. The number of carbonyl (C=O) groups excluding carboxylic acids is 1. The van der Waals surface area contributed by atoms with Gasteiger partial charge in [-0.15, -0.1) is 0 Å². The molecule has 1 fully saturated rings. The van der Waals surface area contributed by atoms with E-state index < -0.39 is 0 Å². The molecule has 0 radical (unpaired) electrons. The fraction of sp³-hybridized carbons (Fsp3) is 0.407. The maximum atomic E-state index is 13.1. The van der Waals surface area contributed by atoms with Gasteiger partial charge in [0.1, 0.15) is 11.6 Å². The summed E-state index contributed by atoms with van der Waals surface area (Å²) in [5.74, 6) is 1.38. The number of nitrogens with one attached hydrogen (secondary N) is 2. The Kier molecular flexibility index (Phi) is 7.79. The quantitative estimate of drug-likeness (QED) is 0.433. The highest BCUT2D eigenvalue weighted by Crippen LogP contribution is 2.24. The van der Waals surface area contributed by atoms with Crippen molar-refractivity contribution >= 4 is 28.3 Å². The maximum absolute atomic E-state index is 13.1. The second-order valence-electron chi connectivity index (χ2n) is 8.63. The van der Waals surface area contributed by atoms with Gasteiger partial charge in [-0.3, -0.25) is 4.79 Å². The molecule has 174 valence electrons. The van der Waals surface area contributed by atoms with Gasteiger partial charge in [-0.25, -0.2) is 4.98 Å². The van der Waals surface area contributed by atoms with Crippen LogP contribution < -0.4 is 15.4 Å². The number of para-hydroxylation sites is 1. The maximum Gasteiger partial charge on any atom is 0.252 e. The summed E-state index contributed by atoms with van der Waals surface area (Å²) in [7, 11) is 1.65. The van der Waals surface area contributed by atoms with Gasteiger partial charge in [0, 0.05) is 30.2 Å². The molecular formula is C27H34N4O2. The van der Waals surface area contributed by atoms with Gasteiger partial charge in [0.05, 0.1) is 18.2 Å². The summed E-state index contributed by atoms with van der Waals surface area (Å²) in [6, 6.07) is 17.9. The summed E-state index contributed by atoms with van der Waals surface area (Å²) < 4.78 is 5.23. The largest absolute Gasteiger partial charge is 0.497 e. The van der Waals surface area contributed by atoms with Crippen LogP contribution in [0.4, 0.5) is 11.5 Å². The van der Waals surface area contributed by atoms with Crippen molar-refractivity contribution in [3.05, 3.63) is 60.2 Å². The van der Waals surface area contributed by atoms with Crippen LogP contribution in [0.5, 0.6) is 5.75 Å². The molecule has 6 heteroatoms. The van der Waals surface area contributed by atoms with E-state index in [9.17, 15) is 4.79 Å². The lowest BCUT2D eigenvalue weighted by atomic mass is 10.00. The molecule has 6 nitrogen and oxygen atoms in total. The van der Waals surface area contributed by atoms with Gasteiger partial charge in [0.2, 0.25) is 0 Å². The van der Waals surface area contributed by atoms with Gasteiger partial charge in [-0.2, -0.15) is 0 Å². The van der Waals surface area contributed by atoms with Crippen molar-refractivity contribution in [1.82, 2.24) is 15.2 Å². The standard InChI is InChI=1S/C27H34N4O2/c1-3-21-9-6-7-17-31(21)18-8-16-28-27(32)24-19-26(30-25-11-5-4-10-23(24)25)29-20-12-14-22(33-2)15-13-20/h4-5,10-15,19,21H,3,6-9,16-18H2,1-2H3,(H,28,32)(H,29,30)/t21-/m0/s1. The molecular weight excluding hydrogens is 412 g/mol. The first-order valence-electron chi connectivity index (χ1n) is 12.0. The van der Waals surface area contributed by atoms with E-state index in [1.165, 1.54) is 32.2 Å². The molecule has 1 aliphatic rings. The predicted octanol–water partition coefficient (Wildman–Crippen LogP) is 5.37. The molecule has 3 aromatic rings. The van der Waals surface area contributed by atoms with Crippen molar-refractivity contribution in [2.24, 2.45) is 0 Å². The zero-order valence-corrected chi connectivity index (χ0v) is 19.6. The fourth-order valence-electron chi connectivity index (χ4n) is 4.65. The van der Waals surface area contributed by atoms with Crippen LogP contribution >= 0.6 is 0 Å². The summed E-state index contributed by atoms with van der Waals surface area (Å²) in [4.78, 5) is 20.4. The van der Waals surface area contributed by atoms with E-state index in [0.29, 0.717) is 24.0 Å². The van der Waals surface area contributed by atoms with E-state index in [1.807, 2.05) is 54.6 Å². The summed E-state index contributed by atoms with van der Waals surface area (Å²) in [6.45, 7) is 5.17.